The molecular formula is C18H23NO3. The monoisotopic (exact) mass is 301 g/mol. The Bertz CT molecular complexity index is 705. The van der Waals surface area contributed by atoms with Crippen LogP contribution in [0.25, 0.3) is 11.0 Å². The second-order valence-electron chi connectivity index (χ2n) is 6.22. The predicted octanol–water partition coefficient (Wildman–Crippen LogP) is 2.84. The quantitative estimate of drug-likeness (QED) is 0.882. The van der Waals surface area contributed by atoms with Crippen LogP contribution in [0.5, 0.6) is 0 Å². The van der Waals surface area contributed by atoms with Crippen LogP contribution in [0.2, 0.25) is 0 Å². The number of rotatable bonds is 4. The molecule has 1 aliphatic heterocycles. The number of likely N-dealkylation sites (tertiary alicyclic amines) is 1. The van der Waals surface area contributed by atoms with Gasteiger partial charge in [-0.15, -0.1) is 0 Å². The van der Waals surface area contributed by atoms with Crippen molar-refractivity contribution in [3.05, 3.63) is 45.8 Å². The normalized spacial score (nSPS) is 19.6. The van der Waals surface area contributed by atoms with Gasteiger partial charge in [0.1, 0.15) is 5.58 Å². The maximum absolute atomic E-state index is 11.8. The lowest BCUT2D eigenvalue weighted by Gasteiger charge is -2.35. The van der Waals surface area contributed by atoms with E-state index < -0.39 is 0 Å². The summed E-state index contributed by atoms with van der Waals surface area (Å²) in [6.45, 7) is 4.04. The second kappa shape index (κ2) is 6.63. The van der Waals surface area contributed by atoms with E-state index in [9.17, 15) is 9.90 Å². The molecule has 0 bridgehead atoms. The molecule has 2 heterocycles. The topological polar surface area (TPSA) is 53.7 Å². The number of aryl methyl sites for hydroxylation is 1. The molecule has 1 atom stereocenters. The highest BCUT2D eigenvalue weighted by Crippen LogP contribution is 2.25. The van der Waals surface area contributed by atoms with E-state index in [0.717, 1.165) is 42.4 Å². The van der Waals surface area contributed by atoms with Crippen LogP contribution >= 0.6 is 0 Å². The molecule has 0 spiro atoms. The molecule has 1 aliphatic rings. The highest BCUT2D eigenvalue weighted by molar-refractivity contribution is 5.80. The fourth-order valence-corrected chi connectivity index (χ4v) is 3.44. The van der Waals surface area contributed by atoms with E-state index in [-0.39, 0.29) is 12.2 Å². The first-order valence-corrected chi connectivity index (χ1v) is 8.05. The van der Waals surface area contributed by atoms with E-state index in [0.29, 0.717) is 11.6 Å². The highest BCUT2D eigenvalue weighted by Gasteiger charge is 2.22. The summed E-state index contributed by atoms with van der Waals surface area (Å²) in [6.07, 6.45) is 4.33. The Labute approximate surface area is 130 Å². The van der Waals surface area contributed by atoms with Crippen molar-refractivity contribution < 1.29 is 9.52 Å². The Balaban J connectivity index is 1.95. The first-order valence-electron chi connectivity index (χ1n) is 8.05. The van der Waals surface area contributed by atoms with Crippen molar-refractivity contribution >= 4 is 11.0 Å². The van der Waals surface area contributed by atoms with Gasteiger partial charge in [-0.05, 0) is 50.4 Å². The summed E-state index contributed by atoms with van der Waals surface area (Å²) < 4.78 is 5.31. The number of aliphatic hydroxyl groups excluding tert-OH is 1. The van der Waals surface area contributed by atoms with Crippen molar-refractivity contribution in [2.45, 2.75) is 45.2 Å². The van der Waals surface area contributed by atoms with E-state index >= 15 is 0 Å². The highest BCUT2D eigenvalue weighted by atomic mass is 16.4. The van der Waals surface area contributed by atoms with Crippen molar-refractivity contribution in [2.75, 3.05) is 13.2 Å². The van der Waals surface area contributed by atoms with Crippen molar-refractivity contribution in [3.8, 4) is 0 Å². The Kier molecular flexibility index (Phi) is 4.60. The lowest BCUT2D eigenvalue weighted by Crippen LogP contribution is -2.39. The average molecular weight is 301 g/mol. The molecule has 2 aromatic rings. The van der Waals surface area contributed by atoms with Crippen molar-refractivity contribution in [3.63, 3.8) is 0 Å². The largest absolute Gasteiger partial charge is 0.423 e. The number of aliphatic hydroxyl groups is 1. The van der Waals surface area contributed by atoms with E-state index in [4.69, 9.17) is 4.42 Å². The van der Waals surface area contributed by atoms with Gasteiger partial charge in [0.15, 0.2) is 0 Å². The molecule has 0 amide bonds. The molecule has 0 aliphatic carbocycles. The average Bonchev–Trinajstić information content (AvgIpc) is 2.50. The SMILES string of the molecule is Cc1ccc2oc(=O)cc(CN3CCCC[C@@H]3CCO)c2c1. The summed E-state index contributed by atoms with van der Waals surface area (Å²) in [5, 5.41) is 10.3. The van der Waals surface area contributed by atoms with Crippen molar-refractivity contribution in [1.82, 2.24) is 4.90 Å². The minimum Gasteiger partial charge on any atom is -0.423 e. The molecule has 1 aromatic carbocycles. The van der Waals surface area contributed by atoms with E-state index in [1.807, 2.05) is 19.1 Å². The summed E-state index contributed by atoms with van der Waals surface area (Å²) in [5.74, 6) is 0. The van der Waals surface area contributed by atoms with Gasteiger partial charge in [0.05, 0.1) is 0 Å². The Morgan fingerprint density at radius 1 is 1.32 bits per heavy atom. The molecule has 22 heavy (non-hydrogen) atoms. The van der Waals surface area contributed by atoms with Crippen LogP contribution in [0.3, 0.4) is 0 Å². The zero-order valence-corrected chi connectivity index (χ0v) is 13.0. The van der Waals surface area contributed by atoms with Gasteiger partial charge in [-0.2, -0.15) is 0 Å². The predicted molar refractivity (Wildman–Crippen MR) is 87.0 cm³/mol. The third-order valence-corrected chi connectivity index (χ3v) is 4.57. The summed E-state index contributed by atoms with van der Waals surface area (Å²) in [7, 11) is 0. The summed E-state index contributed by atoms with van der Waals surface area (Å²) >= 11 is 0. The lowest BCUT2D eigenvalue weighted by molar-refractivity contribution is 0.113. The smallest absolute Gasteiger partial charge is 0.336 e. The minimum absolute atomic E-state index is 0.220. The van der Waals surface area contributed by atoms with Gasteiger partial charge in [0.25, 0.3) is 0 Å². The fraction of sp³-hybridized carbons (Fsp3) is 0.500. The molecule has 0 saturated carbocycles. The maximum Gasteiger partial charge on any atom is 0.336 e. The molecule has 1 N–H and O–H groups in total. The number of piperidine rings is 1. The summed E-state index contributed by atoms with van der Waals surface area (Å²) in [6, 6.07) is 7.94. The van der Waals surface area contributed by atoms with Gasteiger partial charge in [-0.25, -0.2) is 4.79 Å². The van der Waals surface area contributed by atoms with Crippen LogP contribution in [0.1, 0.15) is 36.8 Å². The zero-order valence-electron chi connectivity index (χ0n) is 13.0. The minimum atomic E-state index is -0.290. The Hall–Kier alpha value is -1.65. The van der Waals surface area contributed by atoms with Gasteiger partial charge in [0.2, 0.25) is 0 Å². The molecule has 1 saturated heterocycles. The van der Waals surface area contributed by atoms with Gasteiger partial charge in [0, 0.05) is 30.6 Å². The molecule has 3 rings (SSSR count). The number of fused-ring (bicyclic) bond motifs is 1. The van der Waals surface area contributed by atoms with Gasteiger partial charge in [-0.1, -0.05) is 18.1 Å². The number of hydrogen-bond donors (Lipinski definition) is 1. The third-order valence-electron chi connectivity index (χ3n) is 4.57. The van der Waals surface area contributed by atoms with Crippen LogP contribution in [0, 0.1) is 6.92 Å². The number of nitrogens with zero attached hydrogens (tertiary/aromatic N) is 1. The van der Waals surface area contributed by atoms with E-state index in [2.05, 4.69) is 11.0 Å². The van der Waals surface area contributed by atoms with Gasteiger partial charge >= 0.3 is 5.63 Å². The molecule has 0 unspecified atom stereocenters. The molecule has 4 heteroatoms. The molecule has 1 aromatic heterocycles. The lowest BCUT2D eigenvalue weighted by atomic mass is 9.98. The number of hydrogen-bond acceptors (Lipinski definition) is 4. The van der Waals surface area contributed by atoms with Gasteiger partial charge in [-0.3, -0.25) is 4.90 Å². The second-order valence-corrected chi connectivity index (χ2v) is 6.22. The fourth-order valence-electron chi connectivity index (χ4n) is 3.44. The summed E-state index contributed by atoms with van der Waals surface area (Å²) in [5.41, 5.74) is 2.55. The first-order chi connectivity index (χ1) is 10.7. The van der Waals surface area contributed by atoms with Crippen LogP contribution in [0.15, 0.2) is 33.5 Å². The Morgan fingerprint density at radius 3 is 3.00 bits per heavy atom. The van der Waals surface area contributed by atoms with Crippen molar-refractivity contribution in [1.29, 1.82) is 0 Å². The van der Waals surface area contributed by atoms with Gasteiger partial charge < -0.3 is 9.52 Å². The number of benzene rings is 1. The molecule has 118 valence electrons. The molecule has 0 radical (unpaired) electrons. The molecular weight excluding hydrogens is 278 g/mol. The molecule has 4 nitrogen and oxygen atoms in total. The zero-order chi connectivity index (χ0) is 15.5. The Morgan fingerprint density at radius 2 is 2.18 bits per heavy atom. The standard InChI is InChI=1S/C18H23NO3/c1-13-5-6-17-16(10-13)14(11-18(21)22-17)12-19-8-3-2-4-15(19)7-9-20/h5-6,10-11,15,20H,2-4,7-9,12H2,1H3/t15-/m1/s1. The van der Waals surface area contributed by atoms with Crippen LogP contribution < -0.4 is 5.63 Å². The molecule has 1 fully saturated rings. The maximum atomic E-state index is 11.8. The van der Waals surface area contributed by atoms with Crippen LogP contribution in [0.4, 0.5) is 0 Å². The van der Waals surface area contributed by atoms with Crippen LogP contribution in [-0.4, -0.2) is 29.2 Å². The van der Waals surface area contributed by atoms with E-state index in [1.54, 1.807) is 6.07 Å². The van der Waals surface area contributed by atoms with Crippen LogP contribution in [-0.2, 0) is 6.54 Å². The summed E-state index contributed by atoms with van der Waals surface area (Å²) in [4.78, 5) is 14.2. The third kappa shape index (κ3) is 3.23. The van der Waals surface area contributed by atoms with E-state index in [1.165, 1.54) is 12.8 Å². The first kappa shape index (κ1) is 15.3. The van der Waals surface area contributed by atoms with Crippen molar-refractivity contribution in [2.24, 2.45) is 0 Å².